The zero-order chi connectivity index (χ0) is 83.5. The zero-order valence-electron chi connectivity index (χ0n) is 74.9. The zero-order valence-corrected chi connectivity index (χ0v) is 79.7. The largest absolute Gasteiger partial charge is 1.00 e. The first-order valence-electron chi connectivity index (χ1n) is 46.4. The molecular weight excluding hydrogens is 1600 g/mol. The number of hydrogen-bond acceptors (Lipinski definition) is 15. The van der Waals surface area contributed by atoms with E-state index in [-0.39, 0.29) is 104 Å². The van der Waals surface area contributed by atoms with Crippen molar-refractivity contribution < 1.29 is 79.4 Å². The highest BCUT2D eigenvalue weighted by Crippen LogP contribution is 2.19. The van der Waals surface area contributed by atoms with Crippen LogP contribution in [0.25, 0.3) is 0 Å². The average molecular weight is 1780 g/mol. The first-order chi connectivity index (χ1) is 55.1. The van der Waals surface area contributed by atoms with Gasteiger partial charge in [0.25, 0.3) is 10.5 Å². The van der Waals surface area contributed by atoms with Crippen LogP contribution in [0.5, 0.6) is 0 Å². The molecule has 672 valence electrons. The number of allylic oxidation sites excluding steroid dienone is 8. The Bertz CT molecular complexity index is 2100. The summed E-state index contributed by atoms with van der Waals surface area (Å²) in [5.74, 6) is 0.414. The van der Waals surface area contributed by atoms with Gasteiger partial charge in [0.15, 0.2) is 0 Å². The van der Waals surface area contributed by atoms with Crippen molar-refractivity contribution >= 4 is 73.8 Å². The fourth-order valence-electron chi connectivity index (χ4n) is 12.6. The molecule has 0 heterocycles. The Morgan fingerprint density at radius 3 is 0.737 bits per heavy atom. The summed E-state index contributed by atoms with van der Waals surface area (Å²) in [6.07, 6.45) is 83.6. The maximum absolute atomic E-state index is 13.1. The summed E-state index contributed by atoms with van der Waals surface area (Å²) in [4.78, 5) is 80.9. The van der Waals surface area contributed by atoms with E-state index in [1.54, 1.807) is 9.80 Å². The number of esters is 4. The van der Waals surface area contributed by atoms with Crippen LogP contribution in [0.3, 0.4) is 0 Å². The number of amides is 2. The van der Waals surface area contributed by atoms with Crippen LogP contribution < -0.4 is 17.0 Å². The number of likely N-dealkylation sites (N-methyl/N-ethyl adjacent to an activating group) is 1. The molecule has 2 amide bonds. The van der Waals surface area contributed by atoms with Gasteiger partial charge in [-0.2, -0.15) is 0 Å². The monoisotopic (exact) mass is 1780 g/mol. The normalized spacial score (nSPS) is 11.5. The van der Waals surface area contributed by atoms with Crippen molar-refractivity contribution in [3.8, 4) is 0 Å². The van der Waals surface area contributed by atoms with Gasteiger partial charge in [-0.3, -0.25) is 28.8 Å². The molecule has 0 aromatic carbocycles. The van der Waals surface area contributed by atoms with Crippen LogP contribution in [0, 0.1) is 0 Å². The topological polar surface area (TPSA) is 190 Å². The molecule has 0 bridgehead atoms. The molecule has 0 saturated carbocycles. The number of alkyl halides is 1. The number of ether oxygens (including phenoxy) is 4. The van der Waals surface area contributed by atoms with Gasteiger partial charge in [0.1, 0.15) is 33.0 Å². The van der Waals surface area contributed by atoms with Gasteiger partial charge in [-0.25, -0.2) is 0 Å². The first kappa shape index (κ1) is 118. The molecule has 20 heteroatoms. The third-order valence-corrected chi connectivity index (χ3v) is 22.2. The molecule has 0 fully saturated rings. The molecule has 0 aliphatic heterocycles. The Morgan fingerprint density at radius 2 is 0.526 bits per heavy atom. The Hall–Kier alpha value is -2.72. The van der Waals surface area contributed by atoms with E-state index in [9.17, 15) is 33.9 Å². The second-order valence-corrected chi connectivity index (χ2v) is 34.6. The second kappa shape index (κ2) is 97.4. The van der Waals surface area contributed by atoms with Crippen LogP contribution in [-0.4, -0.2) is 194 Å². The van der Waals surface area contributed by atoms with Gasteiger partial charge in [0, 0.05) is 43.3 Å². The average Bonchev–Trinajstić information content (AvgIpc) is 0.935. The van der Waals surface area contributed by atoms with E-state index in [1.807, 2.05) is 33.1 Å². The lowest BCUT2D eigenvalue weighted by Crippen LogP contribution is -3.00. The van der Waals surface area contributed by atoms with Gasteiger partial charge < -0.3 is 65.3 Å². The van der Waals surface area contributed by atoms with E-state index in [1.165, 1.54) is 255 Å². The summed E-state index contributed by atoms with van der Waals surface area (Å²) in [7, 11) is 8.02. The van der Waals surface area contributed by atoms with Gasteiger partial charge in [-0.15, -0.1) is 0 Å². The van der Waals surface area contributed by atoms with Crippen LogP contribution >= 0.6 is 39.5 Å². The van der Waals surface area contributed by atoms with Gasteiger partial charge >= 0.3 is 23.9 Å². The van der Waals surface area contributed by atoms with Crippen molar-refractivity contribution in [3.05, 3.63) is 48.6 Å². The number of aliphatic hydroxyl groups excluding tert-OH is 2. The second-order valence-electron chi connectivity index (χ2n) is 31.7. The molecule has 0 aliphatic carbocycles. The fraction of sp³-hybridized carbons (Fsp3) is 0.851. The van der Waals surface area contributed by atoms with E-state index in [2.05, 4.69) is 92.2 Å². The highest BCUT2D eigenvalue weighted by molar-refractivity contribution is 9.09. The SMILES string of the molecule is CCCCCCCC/C=C\CCCCCCCC(=O)OCCN(CCOC(=O)CCCCCCC/C=C\CCCCCCCC)C(=O)SCCN(C)C.CCCCCCCC/C=C\CCCCCCCC(=O)OCCN(CCOC(=O)CCCCCCC/C=C\CCCCCCCC)C(=O)SCC[N+](C)(C)CCO.OCCBr.[Br-]. The van der Waals surface area contributed by atoms with E-state index >= 15 is 0 Å². The van der Waals surface area contributed by atoms with Crippen molar-refractivity contribution in [2.75, 3.05) is 130 Å². The number of aliphatic hydroxyl groups is 2. The van der Waals surface area contributed by atoms with Crippen molar-refractivity contribution in [2.45, 2.75) is 387 Å². The summed E-state index contributed by atoms with van der Waals surface area (Å²) in [5.41, 5.74) is 0. The molecule has 0 saturated heterocycles. The predicted molar refractivity (Wildman–Crippen MR) is 489 cm³/mol. The third-order valence-electron chi connectivity index (χ3n) is 20.1. The number of halogens is 2. The lowest BCUT2D eigenvalue weighted by Gasteiger charge is -2.29. The lowest BCUT2D eigenvalue weighted by molar-refractivity contribution is -0.888. The van der Waals surface area contributed by atoms with Gasteiger partial charge in [-0.05, 0) is 143 Å². The van der Waals surface area contributed by atoms with E-state index in [0.717, 1.165) is 116 Å². The molecule has 16 nitrogen and oxygen atoms in total. The van der Waals surface area contributed by atoms with Crippen molar-refractivity contribution in [1.82, 2.24) is 14.7 Å². The summed E-state index contributed by atoms with van der Waals surface area (Å²) in [5, 5.41) is 17.7. The highest BCUT2D eigenvalue weighted by Gasteiger charge is 2.21. The number of unbranched alkanes of at least 4 members (excludes halogenated alkanes) is 44. The van der Waals surface area contributed by atoms with E-state index < -0.39 is 0 Å². The number of quaternary nitrogens is 1. The summed E-state index contributed by atoms with van der Waals surface area (Å²) < 4.78 is 22.6. The first-order valence-corrected chi connectivity index (χ1v) is 49.5. The third kappa shape index (κ3) is 96.4. The minimum Gasteiger partial charge on any atom is -1.00 e. The molecule has 114 heavy (non-hydrogen) atoms. The Morgan fingerprint density at radius 1 is 0.316 bits per heavy atom. The Kier molecular flexibility index (Phi) is 100. The van der Waals surface area contributed by atoms with E-state index in [0.29, 0.717) is 66.6 Å². The minimum absolute atomic E-state index is 0. The molecule has 0 unspecified atom stereocenters. The Labute approximate surface area is 729 Å². The number of nitrogens with zero attached hydrogens (tertiary/aromatic N) is 4. The molecule has 0 spiro atoms. The highest BCUT2D eigenvalue weighted by atomic mass is 79.9. The number of thioether (sulfide) groups is 2. The Balaban J connectivity index is -0.00000101. The van der Waals surface area contributed by atoms with Gasteiger partial charge in [0.2, 0.25) is 0 Å². The fourth-order valence-corrected chi connectivity index (χ4v) is 14.7. The molecule has 0 radical (unpaired) electrons. The molecule has 0 rings (SSSR count). The number of hydrogen-bond donors (Lipinski definition) is 2. The minimum atomic E-state index is -0.225. The molecule has 0 aromatic heterocycles. The van der Waals surface area contributed by atoms with Crippen LogP contribution in [0.15, 0.2) is 48.6 Å². The quantitative estimate of drug-likeness (QED) is 0.0146. The van der Waals surface area contributed by atoms with Crippen molar-refractivity contribution in [2.24, 2.45) is 0 Å². The molecular formula is C94H178Br2N4O12S2. The summed E-state index contributed by atoms with van der Waals surface area (Å²) in [6, 6.07) is 0. The predicted octanol–water partition coefficient (Wildman–Crippen LogP) is 22.6. The number of carbonyl (C=O) groups is 6. The van der Waals surface area contributed by atoms with Crippen molar-refractivity contribution in [3.63, 3.8) is 0 Å². The molecule has 2 N–H and O–H groups in total. The van der Waals surface area contributed by atoms with Crippen LogP contribution in [0.4, 0.5) is 9.59 Å². The van der Waals surface area contributed by atoms with E-state index in [4.69, 9.17) is 24.1 Å². The molecule has 0 aromatic rings. The van der Waals surface area contributed by atoms with Crippen LogP contribution in [0.2, 0.25) is 0 Å². The lowest BCUT2D eigenvalue weighted by atomic mass is 10.1. The maximum atomic E-state index is 13.1. The standard InChI is InChI=1S/C47H89N2O6S.C45H84N2O5S.C2H5BrO.BrH/c1-5-7-9-11-13-15-17-19-21-23-25-27-29-31-33-35-45(51)54-42-37-48(47(53)56-44-40-49(3,4)39-41-50)38-43-55-46(52)36-34-32-30-28-26-24-22-20-18-16-14-12-10-8-6-2;1-5-7-9-11-13-15-17-19-21-23-25-27-29-31-33-35-43(48)51-40-37-47(45(50)53-42-39-46(3)4)38-41-52-44(49)36-34-32-30-28-26-24-22-20-18-16-14-12-10-8-6-2;3-1-2-4;/h19-22,50H,5-18,23-44H2,1-4H3;19-22H,5-18,23-42H2,1-4H3;4H,1-2H2;1H/q+1;;;/p-1/b2*21-19-,22-20-;;. The number of rotatable bonds is 81. The van der Waals surface area contributed by atoms with Crippen LogP contribution in [0.1, 0.15) is 387 Å². The van der Waals surface area contributed by atoms with Crippen molar-refractivity contribution in [1.29, 1.82) is 0 Å². The number of carbonyl (C=O) groups excluding carboxylic acids is 6. The summed E-state index contributed by atoms with van der Waals surface area (Å²) >= 11 is 5.47. The van der Waals surface area contributed by atoms with Gasteiger partial charge in [-0.1, -0.05) is 321 Å². The smallest absolute Gasteiger partial charge is 0.305 e. The van der Waals surface area contributed by atoms with Crippen LogP contribution in [-0.2, 0) is 38.1 Å². The molecule has 0 aliphatic rings. The molecule has 0 atom stereocenters. The summed E-state index contributed by atoms with van der Waals surface area (Å²) in [6.45, 7) is 13.2. The van der Waals surface area contributed by atoms with Gasteiger partial charge in [0.05, 0.1) is 65.8 Å². The maximum Gasteiger partial charge on any atom is 0.305 e.